The Labute approximate surface area is 104 Å². The second kappa shape index (κ2) is 6.69. The smallest absolute Gasteiger partial charge is 0.0898 e. The normalized spacial score (nSPS) is 21.5. The average Bonchev–Trinajstić information content (AvgIpc) is 3.03. The first kappa shape index (κ1) is 14.9. The van der Waals surface area contributed by atoms with Crippen molar-refractivity contribution >= 4 is 0 Å². The van der Waals surface area contributed by atoms with Crippen LogP contribution in [-0.2, 0) is 4.74 Å². The average molecular weight is 245 g/mol. The van der Waals surface area contributed by atoms with Gasteiger partial charge in [-0.3, -0.25) is 0 Å². The van der Waals surface area contributed by atoms with E-state index in [2.05, 4.69) is 19.2 Å². The van der Waals surface area contributed by atoms with Crippen molar-refractivity contribution in [3.8, 4) is 0 Å². The summed E-state index contributed by atoms with van der Waals surface area (Å²) in [5.41, 5.74) is -0.107. The lowest BCUT2D eigenvalue weighted by molar-refractivity contribution is -0.0102. The third-order valence-electron chi connectivity index (χ3n) is 3.25. The van der Waals surface area contributed by atoms with Crippen LogP contribution in [0.2, 0.25) is 0 Å². The van der Waals surface area contributed by atoms with Crippen LogP contribution in [0.15, 0.2) is 0 Å². The van der Waals surface area contributed by atoms with Crippen LogP contribution < -0.4 is 5.32 Å². The minimum absolute atomic E-state index is 0.107. The maximum absolute atomic E-state index is 9.75. The molecule has 0 saturated heterocycles. The molecule has 1 fully saturated rings. The summed E-state index contributed by atoms with van der Waals surface area (Å²) in [6.45, 7) is 7.38. The van der Waals surface area contributed by atoms with Gasteiger partial charge in [-0.15, -0.1) is 0 Å². The maximum atomic E-state index is 9.75. The third-order valence-corrected chi connectivity index (χ3v) is 3.25. The van der Waals surface area contributed by atoms with Crippen molar-refractivity contribution < 1.29 is 14.9 Å². The number of β-amino-alcohol motifs (C(OH)–C–C–N with tert-alkyl or cyclic N) is 1. The van der Waals surface area contributed by atoms with Crippen LogP contribution in [0.4, 0.5) is 0 Å². The van der Waals surface area contributed by atoms with Gasteiger partial charge in [0.25, 0.3) is 0 Å². The molecule has 4 nitrogen and oxygen atoms in total. The largest absolute Gasteiger partial charge is 0.394 e. The summed E-state index contributed by atoms with van der Waals surface area (Å²) in [5, 5.41) is 22.1. The quantitative estimate of drug-likeness (QED) is 0.565. The molecule has 0 heterocycles. The van der Waals surface area contributed by atoms with E-state index >= 15 is 0 Å². The molecule has 0 amide bonds. The fourth-order valence-electron chi connectivity index (χ4n) is 1.94. The Morgan fingerprint density at radius 3 is 2.41 bits per heavy atom. The van der Waals surface area contributed by atoms with E-state index in [9.17, 15) is 5.11 Å². The van der Waals surface area contributed by atoms with Gasteiger partial charge >= 0.3 is 0 Å². The van der Waals surface area contributed by atoms with Crippen molar-refractivity contribution in [1.82, 2.24) is 5.32 Å². The van der Waals surface area contributed by atoms with Crippen LogP contribution in [0.25, 0.3) is 0 Å². The van der Waals surface area contributed by atoms with Gasteiger partial charge < -0.3 is 20.3 Å². The molecule has 1 aliphatic carbocycles. The van der Waals surface area contributed by atoms with Gasteiger partial charge in [-0.05, 0) is 32.1 Å². The molecule has 1 rings (SSSR count). The van der Waals surface area contributed by atoms with E-state index in [0.717, 1.165) is 19.3 Å². The second-order valence-corrected chi connectivity index (χ2v) is 5.75. The van der Waals surface area contributed by atoms with Gasteiger partial charge in [-0.1, -0.05) is 13.8 Å². The molecular weight excluding hydrogens is 218 g/mol. The molecule has 0 aromatic carbocycles. The second-order valence-electron chi connectivity index (χ2n) is 5.75. The zero-order chi connectivity index (χ0) is 12.9. The SMILES string of the molecule is CC(C)CC(C)OCC(O)CNC1(CO)CC1. The van der Waals surface area contributed by atoms with Gasteiger partial charge in [0.2, 0.25) is 0 Å². The molecule has 0 aromatic heterocycles. The Hall–Kier alpha value is -0.160. The third kappa shape index (κ3) is 5.82. The number of aliphatic hydroxyl groups is 2. The van der Waals surface area contributed by atoms with Gasteiger partial charge in [0.05, 0.1) is 25.4 Å². The van der Waals surface area contributed by atoms with Crippen molar-refractivity contribution in [3.63, 3.8) is 0 Å². The number of aliphatic hydroxyl groups excluding tert-OH is 2. The van der Waals surface area contributed by atoms with Crippen molar-refractivity contribution in [2.45, 2.75) is 57.8 Å². The molecule has 0 bridgehead atoms. The molecule has 2 unspecified atom stereocenters. The summed E-state index contributed by atoms with van der Waals surface area (Å²) >= 11 is 0. The van der Waals surface area contributed by atoms with Crippen molar-refractivity contribution in [1.29, 1.82) is 0 Å². The van der Waals surface area contributed by atoms with Crippen LogP contribution in [-0.4, -0.2) is 47.7 Å². The van der Waals surface area contributed by atoms with Crippen LogP contribution in [0, 0.1) is 5.92 Å². The molecule has 4 heteroatoms. The lowest BCUT2D eigenvalue weighted by atomic mass is 10.1. The predicted octanol–water partition coefficient (Wildman–Crippen LogP) is 0.913. The van der Waals surface area contributed by atoms with E-state index in [0.29, 0.717) is 19.1 Å². The Bertz CT molecular complexity index is 217. The van der Waals surface area contributed by atoms with Gasteiger partial charge in [0.1, 0.15) is 0 Å². The number of hydrogen-bond acceptors (Lipinski definition) is 4. The summed E-state index contributed by atoms with van der Waals surface area (Å²) in [4.78, 5) is 0. The molecule has 17 heavy (non-hydrogen) atoms. The van der Waals surface area contributed by atoms with E-state index in [1.54, 1.807) is 0 Å². The summed E-state index contributed by atoms with van der Waals surface area (Å²) < 4.78 is 5.58. The molecule has 102 valence electrons. The summed E-state index contributed by atoms with van der Waals surface area (Å²) in [6.07, 6.45) is 2.72. The molecule has 1 saturated carbocycles. The monoisotopic (exact) mass is 245 g/mol. The van der Waals surface area contributed by atoms with Gasteiger partial charge in [-0.25, -0.2) is 0 Å². The first-order valence-electron chi connectivity index (χ1n) is 6.63. The first-order valence-corrected chi connectivity index (χ1v) is 6.63. The number of rotatable bonds is 9. The summed E-state index contributed by atoms with van der Waals surface area (Å²) in [7, 11) is 0. The van der Waals surface area contributed by atoms with Crippen molar-refractivity contribution in [2.75, 3.05) is 19.8 Å². The topological polar surface area (TPSA) is 61.7 Å². The van der Waals surface area contributed by atoms with Gasteiger partial charge in [0, 0.05) is 12.1 Å². The molecule has 0 aromatic rings. The van der Waals surface area contributed by atoms with Crippen molar-refractivity contribution in [2.24, 2.45) is 5.92 Å². The molecule has 1 aliphatic rings. The van der Waals surface area contributed by atoms with E-state index in [4.69, 9.17) is 9.84 Å². The molecule has 0 spiro atoms. The summed E-state index contributed by atoms with van der Waals surface area (Å²) in [5.74, 6) is 0.615. The highest BCUT2D eigenvalue weighted by Gasteiger charge is 2.41. The highest BCUT2D eigenvalue weighted by atomic mass is 16.5. The number of hydrogen-bond donors (Lipinski definition) is 3. The van der Waals surface area contributed by atoms with Crippen molar-refractivity contribution in [3.05, 3.63) is 0 Å². The van der Waals surface area contributed by atoms with Crippen LogP contribution in [0.3, 0.4) is 0 Å². The Kier molecular flexibility index (Phi) is 5.86. The lowest BCUT2D eigenvalue weighted by Crippen LogP contribution is -2.41. The first-order chi connectivity index (χ1) is 7.97. The van der Waals surface area contributed by atoms with Crippen LogP contribution in [0.1, 0.15) is 40.0 Å². The Balaban J connectivity index is 2.06. The Morgan fingerprint density at radius 1 is 1.29 bits per heavy atom. The molecule has 0 radical (unpaired) electrons. The zero-order valence-corrected chi connectivity index (χ0v) is 11.3. The van der Waals surface area contributed by atoms with E-state index in [1.165, 1.54) is 0 Å². The van der Waals surface area contributed by atoms with Crippen LogP contribution >= 0.6 is 0 Å². The van der Waals surface area contributed by atoms with Crippen LogP contribution in [0.5, 0.6) is 0 Å². The minimum atomic E-state index is -0.492. The predicted molar refractivity (Wildman–Crippen MR) is 67.9 cm³/mol. The number of nitrogens with one attached hydrogen (secondary N) is 1. The van der Waals surface area contributed by atoms with E-state index in [1.807, 2.05) is 6.92 Å². The highest BCUT2D eigenvalue weighted by Crippen LogP contribution is 2.34. The van der Waals surface area contributed by atoms with Gasteiger partial charge in [-0.2, -0.15) is 0 Å². The zero-order valence-electron chi connectivity index (χ0n) is 11.3. The standard InChI is InChI=1S/C13H27NO3/c1-10(2)6-11(3)17-8-12(16)7-14-13(9-15)4-5-13/h10-12,14-16H,4-9H2,1-3H3. The number of ether oxygens (including phenoxy) is 1. The van der Waals surface area contributed by atoms with E-state index < -0.39 is 6.10 Å². The maximum Gasteiger partial charge on any atom is 0.0898 e. The molecule has 3 N–H and O–H groups in total. The molecule has 0 aliphatic heterocycles. The lowest BCUT2D eigenvalue weighted by Gasteiger charge is -2.20. The van der Waals surface area contributed by atoms with E-state index in [-0.39, 0.29) is 18.2 Å². The molecular formula is C13H27NO3. The fourth-order valence-corrected chi connectivity index (χ4v) is 1.94. The van der Waals surface area contributed by atoms with Gasteiger partial charge in [0.15, 0.2) is 0 Å². The highest BCUT2D eigenvalue weighted by molar-refractivity contribution is 5.01. The summed E-state index contributed by atoms with van der Waals surface area (Å²) in [6, 6.07) is 0. The molecule has 2 atom stereocenters. The minimum Gasteiger partial charge on any atom is -0.394 e. The fraction of sp³-hybridized carbons (Fsp3) is 1.00. The Morgan fingerprint density at radius 2 is 1.94 bits per heavy atom.